The highest BCUT2D eigenvalue weighted by molar-refractivity contribution is 6.07. The van der Waals surface area contributed by atoms with Crippen molar-refractivity contribution in [3.8, 4) is 50.5 Å². The molecular formula is C52H32N2. The zero-order valence-corrected chi connectivity index (χ0v) is 29.4. The van der Waals surface area contributed by atoms with Crippen LogP contribution in [0.5, 0.6) is 0 Å². The first-order valence-electron chi connectivity index (χ1n) is 18.7. The minimum atomic E-state index is -0.417. The Labute approximate surface area is 313 Å². The molecule has 2 aliphatic carbocycles. The molecule has 1 heterocycles. The van der Waals surface area contributed by atoms with Gasteiger partial charge >= 0.3 is 0 Å². The molecule has 54 heavy (non-hydrogen) atoms. The Morgan fingerprint density at radius 1 is 0.389 bits per heavy atom. The van der Waals surface area contributed by atoms with E-state index in [1.165, 1.54) is 77.2 Å². The van der Waals surface area contributed by atoms with Crippen molar-refractivity contribution in [2.45, 2.75) is 5.41 Å². The molecule has 0 unspecified atom stereocenters. The molecular weight excluding hydrogens is 653 g/mol. The van der Waals surface area contributed by atoms with Gasteiger partial charge in [0.05, 0.1) is 16.4 Å². The SMILES string of the molecule is c1ccc(-n2c(-c3cccc(-c4ccc5c6c(ccc5c4)-c4cc5ccccc5cc4C64c5ccccc5-c5ccccc54)c3)nc3ccccc32)cc1. The summed E-state index contributed by atoms with van der Waals surface area (Å²) in [4.78, 5) is 5.16. The van der Waals surface area contributed by atoms with Crippen LogP contribution in [0, 0.1) is 0 Å². The van der Waals surface area contributed by atoms with Crippen molar-refractivity contribution < 1.29 is 0 Å². The van der Waals surface area contributed by atoms with Crippen LogP contribution in [0.4, 0.5) is 0 Å². The molecule has 1 aromatic heterocycles. The van der Waals surface area contributed by atoms with Gasteiger partial charge in [0.25, 0.3) is 0 Å². The Bertz CT molecular complexity index is 3120. The van der Waals surface area contributed by atoms with Gasteiger partial charge in [-0.05, 0) is 126 Å². The van der Waals surface area contributed by atoms with E-state index >= 15 is 0 Å². The van der Waals surface area contributed by atoms with Crippen LogP contribution in [0.1, 0.15) is 22.3 Å². The second-order valence-corrected chi connectivity index (χ2v) is 14.7. The normalized spacial score (nSPS) is 13.3. The molecule has 250 valence electrons. The molecule has 0 aliphatic heterocycles. The van der Waals surface area contributed by atoms with Crippen LogP contribution in [0.15, 0.2) is 194 Å². The van der Waals surface area contributed by atoms with Gasteiger partial charge in [0.1, 0.15) is 5.82 Å². The molecule has 0 N–H and O–H groups in total. The molecule has 12 rings (SSSR count). The summed E-state index contributed by atoms with van der Waals surface area (Å²) < 4.78 is 2.27. The molecule has 0 saturated heterocycles. The maximum atomic E-state index is 5.16. The molecule has 2 nitrogen and oxygen atoms in total. The molecule has 1 spiro atoms. The fourth-order valence-corrected chi connectivity index (χ4v) is 9.74. The fraction of sp³-hybridized carbons (Fsp3) is 0.0192. The van der Waals surface area contributed by atoms with Crippen LogP contribution in [-0.2, 0) is 5.41 Å². The van der Waals surface area contributed by atoms with Crippen LogP contribution >= 0.6 is 0 Å². The quantitative estimate of drug-likeness (QED) is 0.181. The molecule has 0 fully saturated rings. The van der Waals surface area contributed by atoms with Crippen molar-refractivity contribution in [1.29, 1.82) is 0 Å². The van der Waals surface area contributed by atoms with Crippen molar-refractivity contribution >= 4 is 32.6 Å². The summed E-state index contributed by atoms with van der Waals surface area (Å²) in [7, 11) is 0. The first kappa shape index (κ1) is 29.5. The van der Waals surface area contributed by atoms with Crippen molar-refractivity contribution in [2.24, 2.45) is 0 Å². The zero-order valence-electron chi connectivity index (χ0n) is 29.4. The number of para-hydroxylation sites is 3. The number of aromatic nitrogens is 2. The summed E-state index contributed by atoms with van der Waals surface area (Å²) in [6.07, 6.45) is 0. The molecule has 0 bridgehead atoms. The van der Waals surface area contributed by atoms with Crippen molar-refractivity contribution in [2.75, 3.05) is 0 Å². The van der Waals surface area contributed by atoms with Crippen LogP contribution in [0.25, 0.3) is 83.0 Å². The highest BCUT2D eigenvalue weighted by atomic mass is 15.1. The summed E-state index contributed by atoms with van der Waals surface area (Å²) in [5, 5.41) is 5.09. The molecule has 0 atom stereocenters. The van der Waals surface area contributed by atoms with E-state index in [4.69, 9.17) is 4.98 Å². The van der Waals surface area contributed by atoms with Crippen molar-refractivity contribution in [1.82, 2.24) is 9.55 Å². The lowest BCUT2D eigenvalue weighted by Gasteiger charge is -2.31. The molecule has 2 aliphatic rings. The summed E-state index contributed by atoms with van der Waals surface area (Å²) in [6, 6.07) is 71.4. The number of nitrogens with zero attached hydrogens (tertiary/aromatic N) is 2. The standard InChI is InChI=1S/C52H32N2/c1-2-17-39(18-3-1)54-49-24-11-10-23-48(49)53-51(54)38-16-12-15-33(30-38)36-25-27-40-37(29-36)26-28-43-44-31-34-13-4-5-14-35(34)32-47(44)52(50(40)43)45-21-8-6-19-41(45)42-20-7-9-22-46(42)52/h1-32H. The van der Waals surface area contributed by atoms with E-state index in [0.717, 1.165) is 28.1 Å². The lowest BCUT2D eigenvalue weighted by atomic mass is 9.69. The van der Waals surface area contributed by atoms with Crippen molar-refractivity contribution in [3.63, 3.8) is 0 Å². The van der Waals surface area contributed by atoms with Gasteiger partial charge in [-0.15, -0.1) is 0 Å². The van der Waals surface area contributed by atoms with E-state index in [0.29, 0.717) is 0 Å². The Kier molecular flexibility index (Phi) is 6.01. The van der Waals surface area contributed by atoms with Gasteiger partial charge in [-0.1, -0.05) is 146 Å². The van der Waals surface area contributed by atoms with Gasteiger partial charge in [0.15, 0.2) is 0 Å². The largest absolute Gasteiger partial charge is 0.292 e. The highest BCUT2D eigenvalue weighted by Crippen LogP contribution is 2.64. The van der Waals surface area contributed by atoms with E-state index in [2.05, 4.69) is 199 Å². The predicted molar refractivity (Wildman–Crippen MR) is 223 cm³/mol. The summed E-state index contributed by atoms with van der Waals surface area (Å²) >= 11 is 0. The summed E-state index contributed by atoms with van der Waals surface area (Å²) in [5.41, 5.74) is 17.0. The van der Waals surface area contributed by atoms with Gasteiger partial charge < -0.3 is 0 Å². The van der Waals surface area contributed by atoms with Crippen molar-refractivity contribution in [3.05, 3.63) is 216 Å². The third-order valence-corrected chi connectivity index (χ3v) is 12.0. The van der Waals surface area contributed by atoms with Gasteiger partial charge in [0.2, 0.25) is 0 Å². The average Bonchev–Trinajstić information content (AvgIpc) is 3.87. The third-order valence-electron chi connectivity index (χ3n) is 12.0. The first-order chi connectivity index (χ1) is 26.8. The fourth-order valence-electron chi connectivity index (χ4n) is 9.74. The maximum Gasteiger partial charge on any atom is 0.145 e. The second-order valence-electron chi connectivity index (χ2n) is 14.7. The average molecular weight is 685 g/mol. The number of hydrogen-bond donors (Lipinski definition) is 0. The number of fused-ring (bicyclic) bond motifs is 14. The predicted octanol–water partition coefficient (Wildman–Crippen LogP) is 13.0. The lowest BCUT2D eigenvalue weighted by molar-refractivity contribution is 0.802. The van der Waals surface area contributed by atoms with Crippen LogP contribution < -0.4 is 0 Å². The van der Waals surface area contributed by atoms with Crippen LogP contribution in [0.2, 0.25) is 0 Å². The topological polar surface area (TPSA) is 17.8 Å². The van der Waals surface area contributed by atoms with Gasteiger partial charge in [-0.2, -0.15) is 0 Å². The lowest BCUT2D eigenvalue weighted by Crippen LogP contribution is -2.26. The summed E-state index contributed by atoms with van der Waals surface area (Å²) in [5.74, 6) is 0.938. The number of benzene rings is 9. The monoisotopic (exact) mass is 684 g/mol. The molecule has 0 amide bonds. The van der Waals surface area contributed by atoms with Gasteiger partial charge in [0, 0.05) is 11.3 Å². The number of hydrogen-bond acceptors (Lipinski definition) is 1. The third kappa shape index (κ3) is 3.92. The van der Waals surface area contributed by atoms with Crippen LogP contribution in [0.3, 0.4) is 0 Å². The second kappa shape index (κ2) is 11.0. The maximum absolute atomic E-state index is 5.16. The molecule has 0 saturated carbocycles. The molecule has 10 aromatic rings. The van der Waals surface area contributed by atoms with E-state index in [1.807, 2.05) is 0 Å². The Hall–Kier alpha value is -7.03. The molecule has 9 aromatic carbocycles. The smallest absolute Gasteiger partial charge is 0.145 e. The molecule has 0 radical (unpaired) electrons. The van der Waals surface area contributed by atoms with E-state index in [9.17, 15) is 0 Å². The minimum Gasteiger partial charge on any atom is -0.292 e. The minimum absolute atomic E-state index is 0.417. The Morgan fingerprint density at radius 3 is 1.87 bits per heavy atom. The van der Waals surface area contributed by atoms with Gasteiger partial charge in [-0.25, -0.2) is 4.98 Å². The Morgan fingerprint density at radius 2 is 1.06 bits per heavy atom. The number of rotatable bonds is 3. The number of imidazole rings is 1. The van der Waals surface area contributed by atoms with E-state index < -0.39 is 5.41 Å². The van der Waals surface area contributed by atoms with E-state index in [1.54, 1.807) is 0 Å². The first-order valence-corrected chi connectivity index (χ1v) is 18.7. The Balaban J connectivity index is 1.08. The molecule has 2 heteroatoms. The zero-order chi connectivity index (χ0) is 35.4. The van der Waals surface area contributed by atoms with Gasteiger partial charge in [-0.3, -0.25) is 4.57 Å². The summed E-state index contributed by atoms with van der Waals surface area (Å²) in [6.45, 7) is 0. The van der Waals surface area contributed by atoms with E-state index in [-0.39, 0.29) is 0 Å². The van der Waals surface area contributed by atoms with Crippen LogP contribution in [-0.4, -0.2) is 9.55 Å². The highest BCUT2D eigenvalue weighted by Gasteiger charge is 2.52.